The summed E-state index contributed by atoms with van der Waals surface area (Å²) < 4.78 is 7.70. The van der Waals surface area contributed by atoms with Crippen LogP contribution in [-0.4, -0.2) is 70.9 Å². The number of aromatic nitrogens is 3. The van der Waals surface area contributed by atoms with Crippen molar-refractivity contribution in [2.45, 2.75) is 45.4 Å². The number of likely N-dealkylation sites (N-methyl/N-ethyl adjacent to an activating group) is 1. The first kappa shape index (κ1) is 24.4. The zero-order valence-corrected chi connectivity index (χ0v) is 22.3. The van der Waals surface area contributed by atoms with Crippen LogP contribution < -0.4 is 4.74 Å². The van der Waals surface area contributed by atoms with Crippen molar-refractivity contribution in [3.63, 3.8) is 0 Å². The number of likely N-dealkylation sites (tertiary alicyclic amines) is 1. The van der Waals surface area contributed by atoms with Crippen LogP contribution in [0.2, 0.25) is 0 Å². The Morgan fingerprint density at radius 1 is 1.19 bits per heavy atom. The van der Waals surface area contributed by atoms with Crippen molar-refractivity contribution in [2.24, 2.45) is 0 Å². The van der Waals surface area contributed by atoms with E-state index in [1.54, 1.807) is 12.0 Å². The van der Waals surface area contributed by atoms with Crippen LogP contribution >= 0.6 is 0 Å². The van der Waals surface area contributed by atoms with E-state index in [9.17, 15) is 4.79 Å². The number of aryl methyl sites for hydroxylation is 1. The standard InChI is InChI=1S/C29H37N5O2/c1-18(2)28-23-13-21(20-9-11-33(12-10-20)17-26(35)32(4)5)7-8-24(23)31-29(28)22-14-25-30-19(3)16-34(25)27(15-22)36-6/h7-8,13-16,18,20,31H,9-12,17H2,1-6H3. The summed E-state index contributed by atoms with van der Waals surface area (Å²) in [5, 5.41) is 1.29. The minimum Gasteiger partial charge on any atom is -0.482 e. The number of ether oxygens (including phenoxy) is 1. The normalized spacial score (nSPS) is 15.3. The quantitative estimate of drug-likeness (QED) is 0.406. The molecule has 4 aromatic rings. The molecule has 0 atom stereocenters. The van der Waals surface area contributed by atoms with Crippen LogP contribution in [0.4, 0.5) is 0 Å². The lowest BCUT2D eigenvalue weighted by atomic mass is 9.87. The summed E-state index contributed by atoms with van der Waals surface area (Å²) in [5.74, 6) is 1.82. The Bertz CT molecular complexity index is 1410. The highest BCUT2D eigenvalue weighted by atomic mass is 16.5. The fraction of sp³-hybridized carbons (Fsp3) is 0.448. The van der Waals surface area contributed by atoms with Crippen LogP contribution in [-0.2, 0) is 4.79 Å². The number of piperidine rings is 1. The van der Waals surface area contributed by atoms with Gasteiger partial charge in [-0.25, -0.2) is 4.98 Å². The SMILES string of the molecule is COc1cc(-c2[nH]c3ccc(C4CCN(CC(=O)N(C)C)CC4)cc3c2C(C)C)cc2nc(C)cn12. The second-order valence-electron chi connectivity index (χ2n) is 10.6. The van der Waals surface area contributed by atoms with Crippen molar-refractivity contribution >= 4 is 22.5 Å². The number of aromatic amines is 1. The van der Waals surface area contributed by atoms with Crippen molar-refractivity contribution in [3.05, 3.63) is 53.3 Å². The predicted octanol–water partition coefficient (Wildman–Crippen LogP) is 5.19. The first-order valence-corrected chi connectivity index (χ1v) is 12.9. The smallest absolute Gasteiger partial charge is 0.236 e. The largest absolute Gasteiger partial charge is 0.482 e. The molecule has 1 aromatic carbocycles. The van der Waals surface area contributed by atoms with Crippen molar-refractivity contribution in [1.82, 2.24) is 24.2 Å². The maximum Gasteiger partial charge on any atom is 0.236 e. The van der Waals surface area contributed by atoms with E-state index >= 15 is 0 Å². The van der Waals surface area contributed by atoms with Crippen LogP contribution in [0.3, 0.4) is 0 Å². The Morgan fingerprint density at radius 3 is 2.61 bits per heavy atom. The number of nitrogens with one attached hydrogen (secondary N) is 1. The van der Waals surface area contributed by atoms with E-state index in [1.807, 2.05) is 31.6 Å². The molecule has 0 radical (unpaired) electrons. The Morgan fingerprint density at radius 2 is 1.94 bits per heavy atom. The third-order valence-electron chi connectivity index (χ3n) is 7.51. The van der Waals surface area contributed by atoms with Gasteiger partial charge in [0.2, 0.25) is 5.91 Å². The number of H-pyrrole nitrogens is 1. The molecule has 1 fully saturated rings. The van der Waals surface area contributed by atoms with Crippen molar-refractivity contribution in [1.29, 1.82) is 0 Å². The summed E-state index contributed by atoms with van der Waals surface area (Å²) in [6.07, 6.45) is 4.15. The lowest BCUT2D eigenvalue weighted by Gasteiger charge is -2.32. The number of fused-ring (bicyclic) bond motifs is 2. The molecule has 0 saturated carbocycles. The minimum atomic E-state index is 0.177. The van der Waals surface area contributed by atoms with Gasteiger partial charge in [-0.05, 0) is 74.0 Å². The number of rotatable bonds is 6. The summed E-state index contributed by atoms with van der Waals surface area (Å²) in [6.45, 7) is 8.95. The number of imidazole rings is 1. The van der Waals surface area contributed by atoms with Gasteiger partial charge in [0.1, 0.15) is 5.65 Å². The van der Waals surface area contributed by atoms with Gasteiger partial charge in [-0.1, -0.05) is 19.9 Å². The molecule has 3 aromatic heterocycles. The van der Waals surface area contributed by atoms with E-state index in [4.69, 9.17) is 4.74 Å². The number of nitrogens with zero attached hydrogens (tertiary/aromatic N) is 4. The highest BCUT2D eigenvalue weighted by molar-refractivity contribution is 5.92. The van der Waals surface area contributed by atoms with Crippen LogP contribution in [0.15, 0.2) is 36.5 Å². The number of hydrogen-bond donors (Lipinski definition) is 1. The average molecular weight is 488 g/mol. The first-order chi connectivity index (χ1) is 17.2. The second-order valence-corrected chi connectivity index (χ2v) is 10.6. The Kier molecular flexibility index (Phi) is 6.51. The van der Waals surface area contributed by atoms with E-state index in [1.165, 1.54) is 16.5 Å². The maximum absolute atomic E-state index is 12.1. The zero-order chi connectivity index (χ0) is 25.6. The fourth-order valence-corrected chi connectivity index (χ4v) is 5.55. The van der Waals surface area contributed by atoms with Crippen molar-refractivity contribution in [2.75, 3.05) is 40.8 Å². The van der Waals surface area contributed by atoms with Gasteiger partial charge >= 0.3 is 0 Å². The van der Waals surface area contributed by atoms with Crippen molar-refractivity contribution < 1.29 is 9.53 Å². The van der Waals surface area contributed by atoms with Gasteiger partial charge in [0.05, 0.1) is 25.0 Å². The molecule has 0 bridgehead atoms. The van der Waals surface area contributed by atoms with Gasteiger partial charge in [0.25, 0.3) is 0 Å². The molecule has 1 amide bonds. The van der Waals surface area contributed by atoms with Gasteiger partial charge in [-0.15, -0.1) is 0 Å². The molecule has 1 N–H and O–H groups in total. The summed E-state index contributed by atoms with van der Waals surface area (Å²) in [6, 6.07) is 11.1. The lowest BCUT2D eigenvalue weighted by molar-refractivity contribution is -0.130. The number of methoxy groups -OCH3 is 1. The molecule has 5 rings (SSSR count). The zero-order valence-electron chi connectivity index (χ0n) is 22.3. The predicted molar refractivity (Wildman–Crippen MR) is 145 cm³/mol. The third-order valence-corrected chi connectivity index (χ3v) is 7.51. The van der Waals surface area contributed by atoms with Gasteiger partial charge < -0.3 is 14.6 Å². The molecule has 0 unspecified atom stereocenters. The summed E-state index contributed by atoms with van der Waals surface area (Å²) >= 11 is 0. The molecule has 7 nitrogen and oxygen atoms in total. The molecule has 1 aliphatic heterocycles. The molecule has 1 aliphatic rings. The van der Waals surface area contributed by atoms with Gasteiger partial charge in [0, 0.05) is 42.8 Å². The highest BCUT2D eigenvalue weighted by Gasteiger charge is 2.24. The summed E-state index contributed by atoms with van der Waals surface area (Å²) in [5.41, 5.74) is 7.95. The highest BCUT2D eigenvalue weighted by Crippen LogP contribution is 2.39. The van der Waals surface area contributed by atoms with E-state index in [0.29, 0.717) is 18.4 Å². The molecular formula is C29H37N5O2. The Balaban J connectivity index is 1.48. The third kappa shape index (κ3) is 4.48. The van der Waals surface area contributed by atoms with E-state index in [0.717, 1.165) is 59.9 Å². The number of carbonyl (C=O) groups excluding carboxylic acids is 1. The first-order valence-electron chi connectivity index (χ1n) is 12.9. The summed E-state index contributed by atoms with van der Waals surface area (Å²) in [7, 11) is 5.36. The molecule has 1 saturated heterocycles. The van der Waals surface area contributed by atoms with Crippen LogP contribution in [0.25, 0.3) is 27.8 Å². The minimum absolute atomic E-state index is 0.177. The number of carbonyl (C=O) groups is 1. The topological polar surface area (TPSA) is 65.9 Å². The lowest BCUT2D eigenvalue weighted by Crippen LogP contribution is -2.40. The van der Waals surface area contributed by atoms with Gasteiger partial charge in [-0.3, -0.25) is 14.1 Å². The molecule has 0 aliphatic carbocycles. The van der Waals surface area contributed by atoms with E-state index in [2.05, 4.69) is 59.0 Å². The number of pyridine rings is 1. The van der Waals surface area contributed by atoms with Crippen LogP contribution in [0, 0.1) is 6.92 Å². The molecule has 36 heavy (non-hydrogen) atoms. The monoisotopic (exact) mass is 487 g/mol. The molecule has 0 spiro atoms. The second kappa shape index (κ2) is 9.62. The van der Waals surface area contributed by atoms with Gasteiger partial charge in [-0.2, -0.15) is 0 Å². The van der Waals surface area contributed by atoms with Crippen LogP contribution in [0.1, 0.15) is 55.3 Å². The van der Waals surface area contributed by atoms with E-state index < -0.39 is 0 Å². The van der Waals surface area contributed by atoms with Gasteiger partial charge in [0.15, 0.2) is 5.88 Å². The average Bonchev–Trinajstić information content (AvgIpc) is 3.43. The molecular weight excluding hydrogens is 450 g/mol. The number of amides is 1. The molecule has 7 heteroatoms. The molecule has 190 valence electrons. The summed E-state index contributed by atoms with van der Waals surface area (Å²) in [4.78, 5) is 24.5. The Hall–Kier alpha value is -3.32. The van der Waals surface area contributed by atoms with Crippen LogP contribution in [0.5, 0.6) is 5.88 Å². The number of hydrogen-bond acceptors (Lipinski definition) is 4. The fourth-order valence-electron chi connectivity index (χ4n) is 5.55. The van der Waals surface area contributed by atoms with Crippen molar-refractivity contribution in [3.8, 4) is 17.1 Å². The molecule has 4 heterocycles. The number of benzene rings is 1. The maximum atomic E-state index is 12.1. The van der Waals surface area contributed by atoms with E-state index in [-0.39, 0.29) is 5.91 Å². The Labute approximate surface area is 213 Å².